The lowest BCUT2D eigenvalue weighted by molar-refractivity contribution is -0.184. The van der Waals surface area contributed by atoms with Crippen LogP contribution >= 0.6 is 11.6 Å². The first-order chi connectivity index (χ1) is 12.6. The van der Waals surface area contributed by atoms with E-state index in [1.807, 2.05) is 22.9 Å². The van der Waals surface area contributed by atoms with E-state index in [0.717, 1.165) is 10.9 Å². The molecule has 1 saturated carbocycles. The molecule has 2 fully saturated rings. The fourth-order valence-corrected chi connectivity index (χ4v) is 4.35. The van der Waals surface area contributed by atoms with Gasteiger partial charge in [-0.2, -0.15) is 0 Å². The highest BCUT2D eigenvalue weighted by Gasteiger charge is 2.37. The van der Waals surface area contributed by atoms with Gasteiger partial charge in [-0.05, 0) is 30.9 Å². The van der Waals surface area contributed by atoms with E-state index in [0.29, 0.717) is 42.8 Å². The molecule has 0 bridgehead atoms. The molecule has 0 atom stereocenters. The summed E-state index contributed by atoms with van der Waals surface area (Å²) in [6.45, 7) is 1.74. The smallest absolute Gasteiger partial charge is 0.253 e. The van der Waals surface area contributed by atoms with Crippen molar-refractivity contribution < 1.29 is 14.6 Å². The fourth-order valence-electron chi connectivity index (χ4n) is 4.08. The highest BCUT2D eigenvalue weighted by Crippen LogP contribution is 2.31. The van der Waals surface area contributed by atoms with Gasteiger partial charge in [0.1, 0.15) is 5.60 Å². The molecule has 6 heteroatoms. The number of hydrogen-bond acceptors (Lipinski definition) is 3. The summed E-state index contributed by atoms with van der Waals surface area (Å²) in [7, 11) is 0. The first-order valence-corrected chi connectivity index (χ1v) is 9.79. The lowest BCUT2D eigenvalue weighted by Gasteiger charge is -2.36. The molecule has 0 unspecified atom stereocenters. The lowest BCUT2D eigenvalue weighted by atomic mass is 9.89. The van der Waals surface area contributed by atoms with Crippen molar-refractivity contribution in [2.45, 2.75) is 44.2 Å². The van der Waals surface area contributed by atoms with Crippen LogP contribution in [0.5, 0.6) is 0 Å². The molecule has 1 aliphatic carbocycles. The molecule has 2 N–H and O–H groups in total. The predicted octanol–water partition coefficient (Wildman–Crippen LogP) is 3.37. The average molecular weight is 377 g/mol. The second-order valence-corrected chi connectivity index (χ2v) is 8.14. The molecule has 26 heavy (non-hydrogen) atoms. The van der Waals surface area contributed by atoms with Gasteiger partial charge in [0.2, 0.25) is 0 Å². The summed E-state index contributed by atoms with van der Waals surface area (Å²) in [5, 5.41) is 14.8. The van der Waals surface area contributed by atoms with Crippen LogP contribution in [0.3, 0.4) is 0 Å². The molecule has 1 saturated heterocycles. The van der Waals surface area contributed by atoms with E-state index >= 15 is 0 Å². The van der Waals surface area contributed by atoms with Crippen LogP contribution in [0.1, 0.15) is 42.5 Å². The summed E-state index contributed by atoms with van der Waals surface area (Å²) in [4.78, 5) is 12.8. The monoisotopic (exact) mass is 376 g/mol. The zero-order valence-corrected chi connectivity index (χ0v) is 15.6. The van der Waals surface area contributed by atoms with Crippen molar-refractivity contribution in [1.29, 1.82) is 0 Å². The zero-order valence-electron chi connectivity index (χ0n) is 14.8. The summed E-state index contributed by atoms with van der Waals surface area (Å²) in [5.41, 5.74) is 0.565. The van der Waals surface area contributed by atoms with Crippen molar-refractivity contribution in [2.75, 3.05) is 19.8 Å². The van der Waals surface area contributed by atoms with Crippen molar-refractivity contribution in [3.63, 3.8) is 0 Å². The summed E-state index contributed by atoms with van der Waals surface area (Å²) < 4.78 is 7.05. The van der Waals surface area contributed by atoms with Gasteiger partial charge in [-0.25, -0.2) is 0 Å². The molecule has 140 valence electrons. The van der Waals surface area contributed by atoms with Gasteiger partial charge < -0.3 is 19.7 Å². The maximum atomic E-state index is 12.8. The number of halogens is 1. The summed E-state index contributed by atoms with van der Waals surface area (Å²) >= 11 is 6.41. The minimum absolute atomic E-state index is 0.0933. The minimum Gasteiger partial charge on any atom is -0.383 e. The molecular weight excluding hydrogens is 352 g/mol. The summed E-state index contributed by atoms with van der Waals surface area (Å²) in [6, 6.07) is 5.60. The summed E-state index contributed by atoms with van der Waals surface area (Å²) in [5.74, 6) is 0.480. The van der Waals surface area contributed by atoms with E-state index in [1.54, 1.807) is 6.07 Å². The van der Waals surface area contributed by atoms with Gasteiger partial charge in [0, 0.05) is 18.1 Å². The Morgan fingerprint density at radius 2 is 2.08 bits per heavy atom. The van der Waals surface area contributed by atoms with Crippen molar-refractivity contribution in [2.24, 2.45) is 5.92 Å². The highest BCUT2D eigenvalue weighted by atomic mass is 35.5. The number of nitrogens with zero attached hydrogens (tertiary/aromatic N) is 1. The summed E-state index contributed by atoms with van der Waals surface area (Å²) in [6.07, 6.45) is 8.01. The molecule has 4 rings (SSSR count). The van der Waals surface area contributed by atoms with Gasteiger partial charge in [-0.15, -0.1) is 0 Å². The number of hydrogen-bond donors (Lipinski definition) is 2. The van der Waals surface area contributed by atoms with Crippen LogP contribution in [0.15, 0.2) is 24.4 Å². The van der Waals surface area contributed by atoms with Crippen LogP contribution in [0.4, 0.5) is 0 Å². The Morgan fingerprint density at radius 1 is 1.31 bits per heavy atom. The van der Waals surface area contributed by atoms with Crippen LogP contribution in [-0.2, 0) is 11.3 Å². The minimum atomic E-state index is -0.871. The first-order valence-electron chi connectivity index (χ1n) is 9.41. The van der Waals surface area contributed by atoms with E-state index in [2.05, 4.69) is 5.32 Å². The third kappa shape index (κ3) is 3.48. The number of aromatic nitrogens is 1. The average Bonchev–Trinajstić information content (AvgIpc) is 2.99. The van der Waals surface area contributed by atoms with E-state index in [1.165, 1.54) is 32.1 Å². The van der Waals surface area contributed by atoms with Crippen LogP contribution in [0, 0.1) is 5.92 Å². The molecule has 1 aromatic heterocycles. The molecule has 2 aromatic rings. The number of ether oxygens (including phenoxy) is 1. The Balaban J connectivity index is 1.58. The maximum absolute atomic E-state index is 12.8. The molecule has 0 radical (unpaired) electrons. The number of carbonyl (C=O) groups excluding carboxylic acids is 1. The normalized spacial score (nSPS) is 20.1. The van der Waals surface area contributed by atoms with E-state index < -0.39 is 5.60 Å². The molecule has 1 aliphatic heterocycles. The molecule has 2 heterocycles. The quantitative estimate of drug-likeness (QED) is 0.841. The predicted molar refractivity (Wildman–Crippen MR) is 102 cm³/mol. The maximum Gasteiger partial charge on any atom is 0.253 e. The fraction of sp³-hybridized carbons (Fsp3) is 0.550. The number of amides is 1. The van der Waals surface area contributed by atoms with Gasteiger partial charge in [-0.3, -0.25) is 4.79 Å². The van der Waals surface area contributed by atoms with Crippen LogP contribution in [-0.4, -0.2) is 40.9 Å². The van der Waals surface area contributed by atoms with Crippen molar-refractivity contribution >= 4 is 28.4 Å². The Kier molecular flexibility index (Phi) is 4.95. The number of aliphatic hydroxyl groups is 1. The van der Waals surface area contributed by atoms with Gasteiger partial charge in [0.15, 0.2) is 0 Å². The number of carbonyl (C=O) groups is 1. The Bertz CT molecular complexity index is 807. The molecule has 2 aliphatic rings. The molecule has 1 amide bonds. The number of fused-ring (bicyclic) bond motifs is 1. The first kappa shape index (κ1) is 17.8. The molecule has 5 nitrogen and oxygen atoms in total. The third-order valence-electron chi connectivity index (χ3n) is 5.58. The van der Waals surface area contributed by atoms with Gasteiger partial charge in [0.25, 0.3) is 5.91 Å². The zero-order chi connectivity index (χ0) is 18.1. The number of nitrogens with one attached hydrogen (secondary N) is 1. The van der Waals surface area contributed by atoms with Gasteiger partial charge in [0.05, 0.1) is 35.9 Å². The Labute approximate surface area is 158 Å². The Morgan fingerprint density at radius 3 is 2.77 bits per heavy atom. The SMILES string of the molecule is O=C(NCC1CCCCC1)c1cn(CC2(O)COC2)c2cccc(Cl)c12. The number of rotatable bonds is 5. The number of benzene rings is 1. The van der Waals surface area contributed by atoms with E-state index in [4.69, 9.17) is 16.3 Å². The second kappa shape index (κ2) is 7.22. The van der Waals surface area contributed by atoms with Gasteiger partial charge in [-0.1, -0.05) is 36.9 Å². The lowest BCUT2D eigenvalue weighted by Crippen LogP contribution is -2.52. The molecule has 0 spiro atoms. The second-order valence-electron chi connectivity index (χ2n) is 7.74. The van der Waals surface area contributed by atoms with Crippen LogP contribution < -0.4 is 5.32 Å². The third-order valence-corrected chi connectivity index (χ3v) is 5.90. The van der Waals surface area contributed by atoms with Crippen LogP contribution in [0.2, 0.25) is 5.02 Å². The molecule has 1 aromatic carbocycles. The van der Waals surface area contributed by atoms with Gasteiger partial charge >= 0.3 is 0 Å². The van der Waals surface area contributed by atoms with Crippen molar-refractivity contribution in [3.05, 3.63) is 35.0 Å². The molecular formula is C20H25ClN2O3. The van der Waals surface area contributed by atoms with Crippen molar-refractivity contribution in [3.8, 4) is 0 Å². The van der Waals surface area contributed by atoms with Crippen LogP contribution in [0.25, 0.3) is 10.9 Å². The topological polar surface area (TPSA) is 63.5 Å². The largest absolute Gasteiger partial charge is 0.383 e. The standard InChI is InChI=1S/C20H25ClN2O3/c21-16-7-4-8-17-18(16)15(10-23(17)11-20(25)12-26-13-20)19(24)22-9-14-5-2-1-3-6-14/h4,7-8,10,14,25H,1-3,5-6,9,11-13H2,(H,22,24). The van der Waals surface area contributed by atoms with Crippen molar-refractivity contribution in [1.82, 2.24) is 9.88 Å². The van der Waals surface area contributed by atoms with E-state index in [-0.39, 0.29) is 5.91 Å². The van der Waals surface area contributed by atoms with E-state index in [9.17, 15) is 9.90 Å². The highest BCUT2D eigenvalue weighted by molar-refractivity contribution is 6.36. The Hall–Kier alpha value is -1.56.